The predicted octanol–water partition coefficient (Wildman–Crippen LogP) is 1.28. The third-order valence-corrected chi connectivity index (χ3v) is 2.81. The maximum absolute atomic E-state index is 9.22. The van der Waals surface area contributed by atoms with E-state index in [2.05, 4.69) is 10.2 Å². The van der Waals surface area contributed by atoms with Gasteiger partial charge in [-0.05, 0) is 24.3 Å². The summed E-state index contributed by atoms with van der Waals surface area (Å²) in [6.45, 7) is 2.88. The molecule has 6 nitrogen and oxygen atoms in total. The fourth-order valence-electron chi connectivity index (χ4n) is 1.82. The number of rotatable bonds is 2. The highest BCUT2D eigenvalue weighted by Crippen LogP contribution is 2.23. The lowest BCUT2D eigenvalue weighted by Gasteiger charge is -2.24. The van der Waals surface area contributed by atoms with E-state index in [1.807, 2.05) is 4.90 Å². The van der Waals surface area contributed by atoms with Crippen LogP contribution in [0.4, 0.5) is 6.01 Å². The Morgan fingerprint density at radius 2 is 1.78 bits per heavy atom. The number of aromatic hydroxyl groups is 1. The predicted molar refractivity (Wildman–Crippen MR) is 64.4 cm³/mol. The first-order valence-corrected chi connectivity index (χ1v) is 5.78. The van der Waals surface area contributed by atoms with E-state index < -0.39 is 0 Å². The Morgan fingerprint density at radius 1 is 1.06 bits per heavy atom. The number of aromatic nitrogens is 2. The van der Waals surface area contributed by atoms with Crippen molar-refractivity contribution in [3.05, 3.63) is 24.3 Å². The third kappa shape index (κ3) is 2.14. The van der Waals surface area contributed by atoms with Crippen molar-refractivity contribution in [2.24, 2.45) is 0 Å². The van der Waals surface area contributed by atoms with Crippen LogP contribution in [0, 0.1) is 0 Å². The number of phenols is 1. The highest BCUT2D eigenvalue weighted by molar-refractivity contribution is 5.54. The fourth-order valence-corrected chi connectivity index (χ4v) is 1.82. The van der Waals surface area contributed by atoms with Crippen molar-refractivity contribution in [1.82, 2.24) is 10.2 Å². The molecular formula is C12H13N3O3. The van der Waals surface area contributed by atoms with E-state index in [0.717, 1.165) is 18.7 Å². The van der Waals surface area contributed by atoms with Gasteiger partial charge in [-0.1, -0.05) is 5.10 Å². The molecule has 1 aromatic carbocycles. The number of morpholine rings is 1. The minimum absolute atomic E-state index is 0.215. The van der Waals surface area contributed by atoms with Gasteiger partial charge in [-0.3, -0.25) is 0 Å². The minimum atomic E-state index is 0.215. The second-order valence-corrected chi connectivity index (χ2v) is 4.04. The largest absolute Gasteiger partial charge is 0.508 e. The van der Waals surface area contributed by atoms with Gasteiger partial charge in [0.1, 0.15) is 5.75 Å². The molecule has 1 aliphatic rings. The summed E-state index contributed by atoms with van der Waals surface area (Å²) >= 11 is 0. The van der Waals surface area contributed by atoms with Crippen molar-refractivity contribution in [3.8, 4) is 17.2 Å². The van der Waals surface area contributed by atoms with Crippen LogP contribution in [-0.2, 0) is 4.74 Å². The number of benzene rings is 1. The van der Waals surface area contributed by atoms with Crippen LogP contribution >= 0.6 is 0 Å². The van der Waals surface area contributed by atoms with Gasteiger partial charge < -0.3 is 19.2 Å². The van der Waals surface area contributed by atoms with Gasteiger partial charge in [0.25, 0.3) is 0 Å². The van der Waals surface area contributed by atoms with Crippen LogP contribution in [0.15, 0.2) is 28.7 Å². The number of hydrogen-bond donors (Lipinski definition) is 1. The molecule has 0 bridgehead atoms. The third-order valence-electron chi connectivity index (χ3n) is 2.81. The van der Waals surface area contributed by atoms with Crippen LogP contribution in [-0.4, -0.2) is 41.6 Å². The lowest BCUT2D eigenvalue weighted by Crippen LogP contribution is -2.36. The molecule has 2 heterocycles. The van der Waals surface area contributed by atoms with Crippen LogP contribution in [0.25, 0.3) is 11.5 Å². The van der Waals surface area contributed by atoms with E-state index in [1.165, 1.54) is 0 Å². The molecule has 0 radical (unpaired) electrons. The highest BCUT2D eigenvalue weighted by atomic mass is 16.5. The van der Waals surface area contributed by atoms with E-state index in [1.54, 1.807) is 24.3 Å². The van der Waals surface area contributed by atoms with Crippen LogP contribution < -0.4 is 4.90 Å². The topological polar surface area (TPSA) is 71.6 Å². The summed E-state index contributed by atoms with van der Waals surface area (Å²) in [5, 5.41) is 17.3. The molecule has 18 heavy (non-hydrogen) atoms. The van der Waals surface area contributed by atoms with Gasteiger partial charge in [-0.15, -0.1) is 5.10 Å². The molecule has 1 fully saturated rings. The molecule has 0 saturated carbocycles. The van der Waals surface area contributed by atoms with Crippen molar-refractivity contribution >= 4 is 6.01 Å². The number of nitrogens with zero attached hydrogens (tertiary/aromatic N) is 3. The Hall–Kier alpha value is -2.08. The number of hydrogen-bond acceptors (Lipinski definition) is 6. The monoisotopic (exact) mass is 247 g/mol. The lowest BCUT2D eigenvalue weighted by atomic mass is 10.2. The van der Waals surface area contributed by atoms with Crippen molar-refractivity contribution in [3.63, 3.8) is 0 Å². The Morgan fingerprint density at radius 3 is 2.50 bits per heavy atom. The van der Waals surface area contributed by atoms with E-state index in [0.29, 0.717) is 25.1 Å². The summed E-state index contributed by atoms with van der Waals surface area (Å²) in [5.74, 6) is 0.670. The van der Waals surface area contributed by atoms with Gasteiger partial charge in [0.05, 0.1) is 13.2 Å². The summed E-state index contributed by atoms with van der Waals surface area (Å²) in [4.78, 5) is 2.00. The van der Waals surface area contributed by atoms with E-state index in [4.69, 9.17) is 9.15 Å². The fraction of sp³-hybridized carbons (Fsp3) is 0.333. The number of anilines is 1. The maximum Gasteiger partial charge on any atom is 0.318 e. The van der Waals surface area contributed by atoms with E-state index in [-0.39, 0.29) is 5.75 Å². The zero-order valence-electron chi connectivity index (χ0n) is 9.74. The van der Waals surface area contributed by atoms with E-state index in [9.17, 15) is 5.11 Å². The summed E-state index contributed by atoms with van der Waals surface area (Å²) in [5.41, 5.74) is 0.791. The summed E-state index contributed by atoms with van der Waals surface area (Å²) in [6.07, 6.45) is 0. The summed E-state index contributed by atoms with van der Waals surface area (Å²) in [6, 6.07) is 7.18. The molecule has 6 heteroatoms. The second-order valence-electron chi connectivity index (χ2n) is 4.04. The molecule has 94 valence electrons. The van der Waals surface area contributed by atoms with Crippen LogP contribution in [0.5, 0.6) is 5.75 Å². The first kappa shape index (κ1) is 11.0. The molecule has 0 spiro atoms. The Bertz CT molecular complexity index is 518. The minimum Gasteiger partial charge on any atom is -0.508 e. The molecule has 1 aromatic heterocycles. The van der Waals surface area contributed by atoms with Crippen molar-refractivity contribution in [2.45, 2.75) is 0 Å². The van der Waals surface area contributed by atoms with Crippen LogP contribution in [0.3, 0.4) is 0 Å². The Labute approximate surface area is 104 Å². The normalized spacial score (nSPS) is 15.9. The average Bonchev–Trinajstić information content (AvgIpc) is 2.90. The van der Waals surface area contributed by atoms with Crippen LogP contribution in [0.1, 0.15) is 0 Å². The smallest absolute Gasteiger partial charge is 0.318 e. The van der Waals surface area contributed by atoms with Crippen molar-refractivity contribution in [1.29, 1.82) is 0 Å². The first-order valence-electron chi connectivity index (χ1n) is 5.78. The molecule has 0 atom stereocenters. The first-order chi connectivity index (χ1) is 8.83. The Kier molecular flexibility index (Phi) is 2.85. The van der Waals surface area contributed by atoms with Crippen molar-refractivity contribution < 1.29 is 14.3 Å². The number of ether oxygens (including phenoxy) is 1. The van der Waals surface area contributed by atoms with Gasteiger partial charge in [0.2, 0.25) is 5.89 Å². The van der Waals surface area contributed by atoms with Gasteiger partial charge in [-0.25, -0.2) is 0 Å². The van der Waals surface area contributed by atoms with Gasteiger partial charge in [0.15, 0.2) is 0 Å². The van der Waals surface area contributed by atoms with Crippen molar-refractivity contribution in [2.75, 3.05) is 31.2 Å². The molecule has 1 aliphatic heterocycles. The molecule has 2 aromatic rings. The second kappa shape index (κ2) is 4.66. The maximum atomic E-state index is 9.22. The molecule has 0 unspecified atom stereocenters. The van der Waals surface area contributed by atoms with E-state index >= 15 is 0 Å². The number of phenolic OH excluding ortho intramolecular Hbond substituents is 1. The Balaban J connectivity index is 1.82. The standard InChI is InChI=1S/C12H13N3O3/c16-10-3-1-9(2-4-10)11-13-14-12(18-11)15-5-7-17-8-6-15/h1-4,16H,5-8H2. The molecule has 1 saturated heterocycles. The SMILES string of the molecule is Oc1ccc(-c2nnc(N3CCOCC3)o2)cc1. The molecule has 3 rings (SSSR count). The van der Waals surface area contributed by atoms with Gasteiger partial charge in [-0.2, -0.15) is 0 Å². The molecule has 0 aliphatic carbocycles. The van der Waals surface area contributed by atoms with Gasteiger partial charge >= 0.3 is 6.01 Å². The summed E-state index contributed by atoms with van der Waals surface area (Å²) < 4.78 is 10.9. The van der Waals surface area contributed by atoms with Crippen LogP contribution in [0.2, 0.25) is 0 Å². The highest BCUT2D eigenvalue weighted by Gasteiger charge is 2.17. The quantitative estimate of drug-likeness (QED) is 0.861. The summed E-state index contributed by atoms with van der Waals surface area (Å²) in [7, 11) is 0. The average molecular weight is 247 g/mol. The zero-order chi connectivity index (χ0) is 12.4. The molecule has 0 amide bonds. The zero-order valence-corrected chi connectivity index (χ0v) is 9.74. The molecular weight excluding hydrogens is 234 g/mol. The van der Waals surface area contributed by atoms with Gasteiger partial charge in [0, 0.05) is 18.7 Å². The molecule has 1 N–H and O–H groups in total. The lowest BCUT2D eigenvalue weighted by molar-refractivity contribution is 0.120.